The highest BCUT2D eigenvalue weighted by atomic mass is 15.2. The van der Waals surface area contributed by atoms with Crippen LogP contribution in [0.4, 0.5) is 11.4 Å². The molecular weight excluding hydrogens is 717 g/mol. The molecule has 0 saturated carbocycles. The standard InChI is InChI=1S/C55H42N4/c1-35-19-26-41(27-20-35)58-49-18-10-8-15-44(49)46-33-39(24-30-50(46)58)40-25-31-51-47(34-40)53-43-14-6-5-11-36(43)23-32-52(53)59(51)42-28-21-38(22-29-42)55-56-48-17-9-7-16-45(48)54(57-55)37-12-3-2-4-13-37/h3,5-7,9-14,16-31,33-34,52H,2,4,8,15,32H2,1H3. The summed E-state index contributed by atoms with van der Waals surface area (Å²) in [7, 11) is 0. The minimum Gasteiger partial charge on any atom is -0.333 e. The molecular formula is C55H42N4. The van der Waals surface area contributed by atoms with Crippen molar-refractivity contribution in [3.8, 4) is 28.2 Å². The van der Waals surface area contributed by atoms with Crippen molar-refractivity contribution in [1.82, 2.24) is 14.5 Å². The summed E-state index contributed by atoms with van der Waals surface area (Å²) in [6, 6.07) is 49.6. The first-order chi connectivity index (χ1) is 29.2. The summed E-state index contributed by atoms with van der Waals surface area (Å²) in [5, 5.41) is 5.09. The summed E-state index contributed by atoms with van der Waals surface area (Å²) < 4.78 is 2.45. The Hall–Kier alpha value is -7.04. The van der Waals surface area contributed by atoms with Crippen LogP contribution in [0.3, 0.4) is 0 Å². The number of nitrogens with zero attached hydrogens (tertiary/aromatic N) is 4. The maximum absolute atomic E-state index is 5.19. The van der Waals surface area contributed by atoms with Gasteiger partial charge in [-0.1, -0.05) is 103 Å². The Bertz CT molecular complexity index is 3250. The molecule has 282 valence electrons. The van der Waals surface area contributed by atoms with Gasteiger partial charge in [0, 0.05) is 44.7 Å². The number of hydrogen-bond acceptors (Lipinski definition) is 3. The highest BCUT2D eigenvalue weighted by Gasteiger charge is 2.36. The van der Waals surface area contributed by atoms with Gasteiger partial charge in [-0.15, -0.1) is 0 Å². The van der Waals surface area contributed by atoms with E-state index in [9.17, 15) is 0 Å². The Balaban J connectivity index is 0.965. The van der Waals surface area contributed by atoms with E-state index in [4.69, 9.17) is 9.97 Å². The molecule has 12 rings (SSSR count). The fourth-order valence-electron chi connectivity index (χ4n) is 10.0. The lowest BCUT2D eigenvalue weighted by atomic mass is 9.90. The Kier molecular flexibility index (Phi) is 7.81. The smallest absolute Gasteiger partial charge is 0.160 e. The lowest BCUT2D eigenvalue weighted by Crippen LogP contribution is -2.38. The number of allylic oxidation sites excluding steroid dienone is 5. The monoisotopic (exact) mass is 758 g/mol. The van der Waals surface area contributed by atoms with Gasteiger partial charge in [0.1, 0.15) is 0 Å². The van der Waals surface area contributed by atoms with Gasteiger partial charge in [0.15, 0.2) is 5.82 Å². The van der Waals surface area contributed by atoms with Crippen molar-refractivity contribution in [1.29, 1.82) is 0 Å². The van der Waals surface area contributed by atoms with E-state index in [0.29, 0.717) is 0 Å². The van der Waals surface area contributed by atoms with Crippen molar-refractivity contribution in [3.05, 3.63) is 196 Å². The van der Waals surface area contributed by atoms with E-state index in [2.05, 4.69) is 186 Å². The summed E-state index contributed by atoms with van der Waals surface area (Å²) in [5.74, 6) is 0.757. The van der Waals surface area contributed by atoms with Crippen LogP contribution in [-0.4, -0.2) is 20.6 Å². The zero-order chi connectivity index (χ0) is 39.0. The number of anilines is 2. The Morgan fingerprint density at radius 3 is 2.29 bits per heavy atom. The fourth-order valence-corrected chi connectivity index (χ4v) is 10.0. The molecule has 3 heterocycles. The van der Waals surface area contributed by atoms with Crippen molar-refractivity contribution in [2.75, 3.05) is 4.90 Å². The van der Waals surface area contributed by atoms with Crippen LogP contribution in [0.5, 0.6) is 0 Å². The Morgan fingerprint density at radius 2 is 1.41 bits per heavy atom. The van der Waals surface area contributed by atoms with Crippen LogP contribution in [0, 0.1) is 6.92 Å². The van der Waals surface area contributed by atoms with Gasteiger partial charge >= 0.3 is 0 Å². The van der Waals surface area contributed by atoms with Gasteiger partial charge in [0.2, 0.25) is 0 Å². The summed E-state index contributed by atoms with van der Waals surface area (Å²) in [6.07, 6.45) is 19.0. The Morgan fingerprint density at radius 1 is 0.627 bits per heavy atom. The number of para-hydroxylation sites is 1. The minimum absolute atomic E-state index is 0.194. The quantitative estimate of drug-likeness (QED) is 0.175. The maximum Gasteiger partial charge on any atom is 0.160 e. The molecule has 4 nitrogen and oxygen atoms in total. The molecule has 0 saturated heterocycles. The van der Waals surface area contributed by atoms with Gasteiger partial charge in [0.25, 0.3) is 0 Å². The molecule has 0 fully saturated rings. The van der Waals surface area contributed by atoms with Crippen LogP contribution in [0.1, 0.15) is 53.8 Å². The SMILES string of the molecule is Cc1ccc(-n2c3c(c4cc(-c5ccc6c(c5)C5=c7ccccc7=CCC5N6c5ccc(-c6nc(C7=CCCC=C7)c7ccccc7n6)cc5)ccc42)CCC=C3)cc1. The predicted molar refractivity (Wildman–Crippen MR) is 245 cm³/mol. The summed E-state index contributed by atoms with van der Waals surface area (Å²) in [6.45, 7) is 2.15. The van der Waals surface area contributed by atoms with Crippen molar-refractivity contribution in [2.45, 2.75) is 45.1 Å². The number of benzene rings is 6. The van der Waals surface area contributed by atoms with E-state index in [1.54, 1.807) is 0 Å². The predicted octanol–water partition coefficient (Wildman–Crippen LogP) is 11.8. The molecule has 1 atom stereocenters. The van der Waals surface area contributed by atoms with Crippen molar-refractivity contribution in [2.24, 2.45) is 0 Å². The average molecular weight is 759 g/mol. The number of aryl methyl sites for hydroxylation is 2. The average Bonchev–Trinajstić information content (AvgIpc) is 3.82. The zero-order valence-electron chi connectivity index (χ0n) is 33.1. The molecule has 4 heteroatoms. The van der Waals surface area contributed by atoms with Crippen LogP contribution in [0.2, 0.25) is 0 Å². The summed E-state index contributed by atoms with van der Waals surface area (Å²) >= 11 is 0. The second-order valence-corrected chi connectivity index (χ2v) is 16.4. The van der Waals surface area contributed by atoms with Crippen LogP contribution in [0.15, 0.2) is 158 Å². The molecule has 6 aromatic carbocycles. The number of rotatable bonds is 5. The molecule has 59 heavy (non-hydrogen) atoms. The first-order valence-corrected chi connectivity index (χ1v) is 21.0. The highest BCUT2D eigenvalue weighted by molar-refractivity contribution is 5.98. The third kappa shape index (κ3) is 5.51. The topological polar surface area (TPSA) is 34.0 Å². The highest BCUT2D eigenvalue weighted by Crippen LogP contribution is 2.48. The number of fused-ring (bicyclic) bond motifs is 8. The first kappa shape index (κ1) is 34.0. The van der Waals surface area contributed by atoms with Gasteiger partial charge in [-0.25, -0.2) is 9.97 Å². The molecule has 0 N–H and O–H groups in total. The minimum atomic E-state index is 0.194. The molecule has 2 aromatic heterocycles. The van der Waals surface area contributed by atoms with Gasteiger partial charge in [-0.2, -0.15) is 0 Å². The van der Waals surface area contributed by atoms with Crippen LogP contribution < -0.4 is 15.3 Å². The van der Waals surface area contributed by atoms with E-state index < -0.39 is 0 Å². The third-order valence-electron chi connectivity index (χ3n) is 12.9. The second-order valence-electron chi connectivity index (χ2n) is 16.4. The third-order valence-corrected chi connectivity index (χ3v) is 12.9. The van der Waals surface area contributed by atoms with Crippen molar-refractivity contribution in [3.63, 3.8) is 0 Å². The summed E-state index contributed by atoms with van der Waals surface area (Å²) in [4.78, 5) is 12.8. The molecule has 8 aromatic rings. The molecule has 1 aliphatic heterocycles. The zero-order valence-corrected chi connectivity index (χ0v) is 33.1. The number of hydrogen-bond donors (Lipinski definition) is 0. The molecule has 1 unspecified atom stereocenters. The normalized spacial score (nSPS) is 16.4. The molecule has 3 aliphatic carbocycles. The van der Waals surface area contributed by atoms with E-state index in [0.717, 1.165) is 60.1 Å². The number of aromatic nitrogens is 3. The Labute approximate surface area is 344 Å². The molecule has 0 radical (unpaired) electrons. The van der Waals surface area contributed by atoms with Crippen molar-refractivity contribution >= 4 is 56.5 Å². The van der Waals surface area contributed by atoms with Crippen LogP contribution in [0.25, 0.3) is 73.3 Å². The van der Waals surface area contributed by atoms with Crippen LogP contribution in [-0.2, 0) is 6.42 Å². The maximum atomic E-state index is 5.19. The van der Waals surface area contributed by atoms with Gasteiger partial charge in [-0.05, 0) is 150 Å². The van der Waals surface area contributed by atoms with Crippen LogP contribution >= 0.6 is 0 Å². The van der Waals surface area contributed by atoms with E-state index in [-0.39, 0.29) is 6.04 Å². The molecule has 4 aliphatic rings. The lowest BCUT2D eigenvalue weighted by Gasteiger charge is -2.29. The molecule has 0 spiro atoms. The lowest BCUT2D eigenvalue weighted by molar-refractivity contribution is 0.845. The van der Waals surface area contributed by atoms with Gasteiger partial charge in [0.05, 0.1) is 22.8 Å². The van der Waals surface area contributed by atoms with Crippen molar-refractivity contribution < 1.29 is 0 Å². The fraction of sp³-hybridized carbons (Fsp3) is 0.127. The van der Waals surface area contributed by atoms with E-state index in [1.807, 2.05) is 0 Å². The molecule has 0 bridgehead atoms. The van der Waals surface area contributed by atoms with E-state index >= 15 is 0 Å². The summed E-state index contributed by atoms with van der Waals surface area (Å²) in [5.41, 5.74) is 18.3. The molecule has 0 amide bonds. The largest absolute Gasteiger partial charge is 0.333 e. The van der Waals surface area contributed by atoms with Gasteiger partial charge < -0.3 is 9.47 Å². The van der Waals surface area contributed by atoms with E-state index in [1.165, 1.54) is 83.1 Å². The second kappa shape index (κ2) is 13.5. The first-order valence-electron chi connectivity index (χ1n) is 21.0. The van der Waals surface area contributed by atoms with Gasteiger partial charge in [-0.3, -0.25) is 0 Å².